The summed E-state index contributed by atoms with van der Waals surface area (Å²) < 4.78 is 14.9. The van der Waals surface area contributed by atoms with Crippen LogP contribution in [0.15, 0.2) is 0 Å². The SMILES string of the molecule is CCN(CC)CCCCC(=O)[NH][Al]([NH]C=O)[NH]C=O.CCN(CC)CCCCC(=O)[NH][Al]([NH]C=O)[NH]C=O. The molecule has 14 nitrogen and oxygen atoms in total. The van der Waals surface area contributed by atoms with Crippen molar-refractivity contribution in [3.63, 3.8) is 0 Å². The van der Waals surface area contributed by atoms with Crippen molar-refractivity contribution in [3.8, 4) is 0 Å². The molecule has 6 amide bonds. The minimum atomic E-state index is -2.22. The highest BCUT2D eigenvalue weighted by Gasteiger charge is 2.25. The molecular weight excluding hydrogens is 526 g/mol. The van der Waals surface area contributed by atoms with Gasteiger partial charge in [0.15, 0.2) is 37.5 Å². The maximum atomic E-state index is 11.6. The molecule has 0 fully saturated rings. The lowest BCUT2D eigenvalue weighted by Gasteiger charge is -2.17. The molecule has 6 N–H and O–H groups in total. The normalized spacial score (nSPS) is 9.84. The zero-order valence-electron chi connectivity index (χ0n) is 23.3. The van der Waals surface area contributed by atoms with Crippen molar-refractivity contribution in [2.75, 3.05) is 39.3 Å². The molecule has 0 atom stereocenters. The van der Waals surface area contributed by atoms with Crippen LogP contribution in [0.5, 0.6) is 0 Å². The molecule has 38 heavy (non-hydrogen) atoms. The first-order valence-corrected chi connectivity index (χ1v) is 16.6. The Bertz CT molecular complexity index is 583. The number of nitrogens with one attached hydrogen (secondary N) is 6. The van der Waals surface area contributed by atoms with E-state index in [-0.39, 0.29) is 11.8 Å². The average molecular weight is 573 g/mol. The molecule has 0 aliphatic carbocycles. The molecule has 0 aromatic heterocycles. The van der Waals surface area contributed by atoms with Gasteiger partial charge in [0.1, 0.15) is 0 Å². The molecule has 16 heteroatoms. The van der Waals surface area contributed by atoms with E-state index < -0.39 is 29.6 Å². The number of hydrogen-bond acceptors (Lipinski definition) is 8. The van der Waals surface area contributed by atoms with E-state index in [1.165, 1.54) is 0 Å². The highest BCUT2D eigenvalue weighted by molar-refractivity contribution is 6.58. The molecule has 0 bridgehead atoms. The second-order valence-electron chi connectivity index (χ2n) is 8.11. The second-order valence-corrected chi connectivity index (χ2v) is 11.7. The molecule has 0 saturated carbocycles. The molecule has 0 aliphatic heterocycles. The van der Waals surface area contributed by atoms with Crippen molar-refractivity contribution >= 4 is 67.1 Å². The molecule has 0 saturated heterocycles. The number of amides is 6. The molecule has 0 radical (unpaired) electrons. The van der Waals surface area contributed by atoms with E-state index in [1.807, 2.05) is 0 Å². The van der Waals surface area contributed by atoms with E-state index in [1.54, 1.807) is 0 Å². The number of rotatable bonds is 24. The van der Waals surface area contributed by atoms with Crippen molar-refractivity contribution in [1.29, 1.82) is 0 Å². The molecule has 0 unspecified atom stereocenters. The zero-order valence-corrected chi connectivity index (χ0v) is 25.6. The fraction of sp³-hybridized carbons (Fsp3) is 0.727. The molecule has 0 aromatic rings. The highest BCUT2D eigenvalue weighted by Crippen LogP contribution is 1.99. The number of carbonyl (C=O) groups excluding carboxylic acids is 6. The Morgan fingerprint density at radius 1 is 0.553 bits per heavy atom. The van der Waals surface area contributed by atoms with Gasteiger partial charge in [0.25, 0.3) is 0 Å². The van der Waals surface area contributed by atoms with Crippen molar-refractivity contribution in [2.24, 2.45) is 0 Å². The first-order chi connectivity index (χ1) is 18.3. The minimum absolute atomic E-state index is 0.139. The first-order valence-electron chi connectivity index (χ1n) is 13.2. The Morgan fingerprint density at radius 2 is 0.842 bits per heavy atom. The quantitative estimate of drug-likeness (QED) is 0.0444. The van der Waals surface area contributed by atoms with Crippen molar-refractivity contribution in [1.82, 2.24) is 35.6 Å². The summed E-state index contributed by atoms with van der Waals surface area (Å²) in [7, 11) is 0. The van der Waals surface area contributed by atoms with Gasteiger partial charge in [-0.1, -0.05) is 27.7 Å². The van der Waals surface area contributed by atoms with Gasteiger partial charge in [-0.05, 0) is 65.0 Å². The van der Waals surface area contributed by atoms with E-state index in [4.69, 9.17) is 0 Å². The third kappa shape index (κ3) is 23.0. The summed E-state index contributed by atoms with van der Waals surface area (Å²) in [5, 5.41) is 0. The summed E-state index contributed by atoms with van der Waals surface area (Å²) in [6.45, 7) is 14.5. The van der Waals surface area contributed by atoms with E-state index in [0.29, 0.717) is 38.5 Å². The van der Waals surface area contributed by atoms with Crippen molar-refractivity contribution < 1.29 is 28.8 Å². The Kier molecular flexibility index (Phi) is 27.8. The molecule has 216 valence electrons. The van der Waals surface area contributed by atoms with E-state index in [0.717, 1.165) is 65.0 Å². The largest absolute Gasteiger partial charge is 0.740 e. The van der Waals surface area contributed by atoms with Crippen LogP contribution in [0.3, 0.4) is 0 Å². The van der Waals surface area contributed by atoms with Gasteiger partial charge < -0.3 is 35.6 Å². The van der Waals surface area contributed by atoms with E-state index >= 15 is 0 Å². The lowest BCUT2D eigenvalue weighted by atomic mass is 10.2. The standard InChI is InChI=1S/2C9H20N2O.4CH3NO.2Al/c2*1-3-11(4-2)8-6-5-7-9(10)12;4*2-1-3;;/h2*3-8H2,1-2H3,(H2,10,12);4*1H,(H2,2,3);;/q;;;;;;2*+3/p-6. The van der Waals surface area contributed by atoms with Crippen LogP contribution in [0.2, 0.25) is 0 Å². The number of hydrogen-bond donors (Lipinski definition) is 6. The van der Waals surface area contributed by atoms with Gasteiger partial charge in [-0.3, -0.25) is 28.8 Å². The molecule has 0 spiro atoms. The van der Waals surface area contributed by atoms with Gasteiger partial charge in [0, 0.05) is 12.8 Å². The molecule has 0 heterocycles. The van der Waals surface area contributed by atoms with Crippen LogP contribution < -0.4 is 25.8 Å². The Balaban J connectivity index is 0. The summed E-state index contributed by atoms with van der Waals surface area (Å²) in [5.41, 5.74) is 0. The Morgan fingerprint density at radius 3 is 1.08 bits per heavy atom. The number of unbranched alkanes of at least 4 members (excludes halogenated alkanes) is 2. The van der Waals surface area contributed by atoms with Crippen molar-refractivity contribution in [2.45, 2.75) is 66.2 Å². The summed E-state index contributed by atoms with van der Waals surface area (Å²) in [6.07, 6.45) is 6.26. The van der Waals surface area contributed by atoms with Gasteiger partial charge in [0.2, 0.25) is 0 Å². The van der Waals surface area contributed by atoms with Gasteiger partial charge in [0.05, 0.1) is 0 Å². The predicted octanol–water partition coefficient (Wildman–Crippen LogP) is -1.82. The molecule has 0 aromatic carbocycles. The summed E-state index contributed by atoms with van der Waals surface area (Å²) in [5.74, 6) is -0.278. The lowest BCUT2D eigenvalue weighted by Crippen LogP contribution is -2.59. The van der Waals surface area contributed by atoms with Gasteiger partial charge in [-0.2, -0.15) is 0 Å². The van der Waals surface area contributed by atoms with Crippen LogP contribution in [0, 0.1) is 0 Å². The van der Waals surface area contributed by atoms with Gasteiger partial charge in [-0.25, -0.2) is 0 Å². The monoisotopic (exact) mass is 572 g/mol. The maximum absolute atomic E-state index is 11.6. The lowest BCUT2D eigenvalue weighted by molar-refractivity contribution is -0.120. The van der Waals surface area contributed by atoms with E-state index in [2.05, 4.69) is 63.3 Å². The third-order valence-corrected chi connectivity index (χ3v) is 8.69. The van der Waals surface area contributed by atoms with Crippen LogP contribution in [0.1, 0.15) is 66.2 Å². The Hall–Kier alpha value is -2.20. The molecule has 0 rings (SSSR count). The van der Waals surface area contributed by atoms with Crippen LogP contribution >= 0.6 is 0 Å². The molecule has 0 aliphatic rings. The minimum Gasteiger partial charge on any atom is -0.412 e. The topological polar surface area (TPSA) is 181 Å². The van der Waals surface area contributed by atoms with Gasteiger partial charge in [-0.15, -0.1) is 0 Å². The van der Waals surface area contributed by atoms with E-state index in [9.17, 15) is 28.8 Å². The summed E-state index contributed by atoms with van der Waals surface area (Å²) in [6, 6.07) is 0. The van der Waals surface area contributed by atoms with Crippen molar-refractivity contribution in [3.05, 3.63) is 0 Å². The van der Waals surface area contributed by atoms with Crippen LogP contribution in [0.25, 0.3) is 0 Å². The average Bonchev–Trinajstić information content (AvgIpc) is 2.90. The predicted molar refractivity (Wildman–Crippen MR) is 148 cm³/mol. The van der Waals surface area contributed by atoms with Gasteiger partial charge >= 0.3 is 29.6 Å². The first kappa shape index (κ1) is 38.0. The smallest absolute Gasteiger partial charge is 0.412 e. The number of carbonyl (C=O) groups is 6. The maximum Gasteiger partial charge on any atom is 0.740 e. The van der Waals surface area contributed by atoms with Crippen LogP contribution in [-0.4, -0.2) is 116 Å². The zero-order chi connectivity index (χ0) is 29.0. The Labute approximate surface area is 236 Å². The number of nitrogens with zero attached hydrogens (tertiary/aromatic N) is 2. The summed E-state index contributed by atoms with van der Waals surface area (Å²) in [4.78, 5) is 68.9. The van der Waals surface area contributed by atoms with Crippen LogP contribution in [0.4, 0.5) is 0 Å². The fourth-order valence-corrected chi connectivity index (χ4v) is 5.33. The molecular formula is C22H46Al2N8O6. The fourth-order valence-electron chi connectivity index (χ4n) is 3.32. The second kappa shape index (κ2) is 27.8. The summed E-state index contributed by atoms with van der Waals surface area (Å²) >= 11 is -4.44. The highest BCUT2D eigenvalue weighted by atomic mass is 27.2. The third-order valence-electron chi connectivity index (χ3n) is 5.59. The van der Waals surface area contributed by atoms with Crippen LogP contribution in [-0.2, 0) is 28.8 Å².